The number of rotatable bonds is 6. The van der Waals surface area contributed by atoms with Crippen LogP contribution in [0.4, 0.5) is 0 Å². The summed E-state index contributed by atoms with van der Waals surface area (Å²) in [5.41, 5.74) is 0. The minimum Gasteiger partial charge on any atom is -0.463 e. The van der Waals surface area contributed by atoms with Crippen LogP contribution >= 0.6 is 0 Å². The normalized spacial score (nSPS) is 28.4. The van der Waals surface area contributed by atoms with E-state index in [1.807, 2.05) is 0 Å². The Morgan fingerprint density at radius 2 is 1.28 bits per heavy atom. The summed E-state index contributed by atoms with van der Waals surface area (Å²) in [6.07, 6.45) is -6.81. The van der Waals surface area contributed by atoms with Crippen molar-refractivity contribution >= 4 is 23.9 Å². The van der Waals surface area contributed by atoms with Crippen LogP contribution in [0.3, 0.4) is 0 Å². The van der Waals surface area contributed by atoms with E-state index in [-0.39, 0.29) is 0 Å². The van der Waals surface area contributed by atoms with Crippen LogP contribution in [-0.2, 0) is 42.9 Å². The fourth-order valence-electron chi connectivity index (χ4n) is 2.29. The third-order valence-corrected chi connectivity index (χ3v) is 3.07. The van der Waals surface area contributed by atoms with E-state index in [1.54, 1.807) is 0 Å². The van der Waals surface area contributed by atoms with Crippen LogP contribution in [0, 0.1) is 4.91 Å². The Morgan fingerprint density at radius 1 is 0.800 bits per heavy atom. The first kappa shape index (κ1) is 20.5. The molecule has 0 amide bonds. The van der Waals surface area contributed by atoms with Gasteiger partial charge in [-0.1, -0.05) is 0 Å². The van der Waals surface area contributed by atoms with Crippen molar-refractivity contribution in [3.63, 3.8) is 0 Å². The molecule has 140 valence electrons. The molecule has 5 atom stereocenters. The minimum absolute atomic E-state index is 0.399. The van der Waals surface area contributed by atoms with Crippen molar-refractivity contribution in [3.8, 4) is 0 Å². The molecular formula is C14H19NO10. The predicted molar refractivity (Wildman–Crippen MR) is 77.8 cm³/mol. The molecule has 0 unspecified atom stereocenters. The van der Waals surface area contributed by atoms with E-state index >= 15 is 0 Å². The molecule has 0 aliphatic carbocycles. The van der Waals surface area contributed by atoms with Gasteiger partial charge in [0.2, 0.25) is 6.23 Å². The van der Waals surface area contributed by atoms with Gasteiger partial charge in [0, 0.05) is 27.7 Å². The zero-order chi connectivity index (χ0) is 19.1. The molecular weight excluding hydrogens is 342 g/mol. The minimum atomic E-state index is -1.55. The highest BCUT2D eigenvalue weighted by atomic mass is 16.7. The van der Waals surface area contributed by atoms with E-state index in [1.165, 1.54) is 0 Å². The first-order chi connectivity index (χ1) is 11.6. The van der Waals surface area contributed by atoms with Gasteiger partial charge < -0.3 is 23.7 Å². The van der Waals surface area contributed by atoms with Gasteiger partial charge in [-0.25, -0.2) is 0 Å². The summed E-state index contributed by atoms with van der Waals surface area (Å²) in [4.78, 5) is 56.2. The van der Waals surface area contributed by atoms with Crippen molar-refractivity contribution in [1.29, 1.82) is 0 Å². The summed E-state index contributed by atoms with van der Waals surface area (Å²) in [5.74, 6) is -2.97. The van der Waals surface area contributed by atoms with Crippen molar-refractivity contribution in [2.24, 2.45) is 5.18 Å². The van der Waals surface area contributed by atoms with Gasteiger partial charge >= 0.3 is 23.9 Å². The third kappa shape index (κ3) is 6.10. The van der Waals surface area contributed by atoms with Gasteiger partial charge in [-0.05, 0) is 5.18 Å². The number of carbonyl (C=O) groups excluding carboxylic acids is 4. The zero-order valence-corrected chi connectivity index (χ0v) is 14.1. The van der Waals surface area contributed by atoms with Crippen LogP contribution in [0.5, 0.6) is 0 Å². The largest absolute Gasteiger partial charge is 0.463 e. The van der Waals surface area contributed by atoms with Gasteiger partial charge in [-0.15, -0.1) is 4.91 Å². The standard InChI is InChI=1S/C14H19NO10/c1-6(16)21-5-10-11(22-7(2)17)12(23-8(3)18)13(24-9(4)19)14(15-20)25-10/h10-14H,5H2,1-4H3/t10-,11-,12+,13-,14-/m1/s1. The molecule has 0 radical (unpaired) electrons. The Bertz CT molecular complexity index is 548. The topological polar surface area (TPSA) is 144 Å². The van der Waals surface area contributed by atoms with Crippen LogP contribution in [0.15, 0.2) is 5.18 Å². The molecule has 11 nitrogen and oxygen atoms in total. The van der Waals surface area contributed by atoms with Crippen LogP contribution in [0.1, 0.15) is 27.7 Å². The zero-order valence-electron chi connectivity index (χ0n) is 14.1. The Hall–Kier alpha value is -2.56. The molecule has 25 heavy (non-hydrogen) atoms. The van der Waals surface area contributed by atoms with Gasteiger partial charge in [0.1, 0.15) is 12.7 Å². The highest BCUT2D eigenvalue weighted by molar-refractivity contribution is 5.68. The van der Waals surface area contributed by atoms with Crippen LogP contribution in [-0.4, -0.2) is 61.1 Å². The van der Waals surface area contributed by atoms with Crippen molar-refractivity contribution in [2.45, 2.75) is 58.3 Å². The van der Waals surface area contributed by atoms with E-state index in [4.69, 9.17) is 23.7 Å². The smallest absolute Gasteiger partial charge is 0.303 e. The van der Waals surface area contributed by atoms with Crippen LogP contribution < -0.4 is 0 Å². The molecule has 1 fully saturated rings. The van der Waals surface area contributed by atoms with Crippen LogP contribution in [0.25, 0.3) is 0 Å². The number of nitroso groups, excluding NO2 is 1. The summed E-state index contributed by atoms with van der Waals surface area (Å²) < 4.78 is 25.3. The first-order valence-electron chi connectivity index (χ1n) is 7.28. The highest BCUT2D eigenvalue weighted by Crippen LogP contribution is 2.29. The van der Waals surface area contributed by atoms with E-state index < -0.39 is 61.1 Å². The number of carbonyl (C=O) groups is 4. The van der Waals surface area contributed by atoms with Gasteiger partial charge in [-0.3, -0.25) is 19.2 Å². The Labute approximate surface area is 142 Å². The second kappa shape index (κ2) is 9.06. The summed E-state index contributed by atoms with van der Waals surface area (Å²) in [6, 6.07) is 0. The lowest BCUT2D eigenvalue weighted by Crippen LogP contribution is -2.61. The molecule has 0 aromatic carbocycles. The lowest BCUT2D eigenvalue weighted by molar-refractivity contribution is -0.251. The maximum Gasteiger partial charge on any atom is 0.303 e. The molecule has 0 N–H and O–H groups in total. The quantitative estimate of drug-likeness (QED) is 0.355. The number of nitrogens with zero attached hydrogens (tertiary/aromatic N) is 1. The second-order valence-corrected chi connectivity index (χ2v) is 5.20. The molecule has 0 bridgehead atoms. The Kier molecular flexibility index (Phi) is 7.43. The highest BCUT2D eigenvalue weighted by Gasteiger charge is 2.52. The molecule has 1 saturated heterocycles. The monoisotopic (exact) mass is 361 g/mol. The molecule has 0 saturated carbocycles. The summed E-state index contributed by atoms with van der Waals surface area (Å²) in [6.45, 7) is 3.99. The van der Waals surface area contributed by atoms with Crippen molar-refractivity contribution < 1.29 is 42.9 Å². The molecule has 1 heterocycles. The molecule has 11 heteroatoms. The van der Waals surface area contributed by atoms with E-state index in [0.717, 1.165) is 27.7 Å². The third-order valence-electron chi connectivity index (χ3n) is 3.07. The average Bonchev–Trinajstić information content (AvgIpc) is 2.48. The molecule has 0 spiro atoms. The number of hydrogen-bond donors (Lipinski definition) is 0. The fraction of sp³-hybridized carbons (Fsp3) is 0.714. The van der Waals surface area contributed by atoms with Gasteiger partial charge in [0.15, 0.2) is 18.3 Å². The van der Waals surface area contributed by atoms with Crippen molar-refractivity contribution in [2.75, 3.05) is 6.61 Å². The van der Waals surface area contributed by atoms with Crippen molar-refractivity contribution in [3.05, 3.63) is 4.91 Å². The summed E-state index contributed by atoms with van der Waals surface area (Å²) in [5, 5.41) is 2.71. The molecule has 1 aliphatic rings. The number of esters is 4. The molecule has 1 aliphatic heterocycles. The van der Waals surface area contributed by atoms with Gasteiger partial charge in [0.25, 0.3) is 0 Å². The Morgan fingerprint density at radius 3 is 1.72 bits per heavy atom. The molecule has 1 rings (SSSR count). The van der Waals surface area contributed by atoms with E-state index in [2.05, 4.69) is 5.18 Å². The Balaban J connectivity index is 3.20. The lowest BCUT2D eigenvalue weighted by Gasteiger charge is -2.42. The lowest BCUT2D eigenvalue weighted by atomic mass is 9.97. The fourth-order valence-corrected chi connectivity index (χ4v) is 2.29. The van der Waals surface area contributed by atoms with Gasteiger partial charge in [0.05, 0.1) is 0 Å². The summed E-state index contributed by atoms with van der Waals surface area (Å²) in [7, 11) is 0. The number of hydrogen-bond acceptors (Lipinski definition) is 11. The SMILES string of the molecule is CC(=O)OC[C@H]1O[C@@H](N=O)[C@H](OC(C)=O)[C@@H](OC(C)=O)[C@@H]1OC(C)=O. The van der Waals surface area contributed by atoms with Crippen molar-refractivity contribution in [1.82, 2.24) is 0 Å². The maximum absolute atomic E-state index is 11.4. The van der Waals surface area contributed by atoms with Gasteiger partial charge in [-0.2, -0.15) is 0 Å². The van der Waals surface area contributed by atoms with Crippen LogP contribution in [0.2, 0.25) is 0 Å². The predicted octanol–water partition coefficient (Wildman–Crippen LogP) is -0.164. The first-order valence-corrected chi connectivity index (χ1v) is 7.28. The molecule has 0 aromatic heterocycles. The second-order valence-electron chi connectivity index (χ2n) is 5.20. The maximum atomic E-state index is 11.4. The van der Waals surface area contributed by atoms with E-state index in [9.17, 15) is 24.1 Å². The molecule has 0 aromatic rings. The summed E-state index contributed by atoms with van der Waals surface area (Å²) >= 11 is 0. The average molecular weight is 361 g/mol. The van der Waals surface area contributed by atoms with E-state index in [0.29, 0.717) is 0 Å². The number of ether oxygens (including phenoxy) is 5.